The third kappa shape index (κ3) is 3.88. The van der Waals surface area contributed by atoms with Gasteiger partial charge in [0.1, 0.15) is 5.82 Å². The smallest absolute Gasteiger partial charge is 0.123 e. The van der Waals surface area contributed by atoms with Crippen LogP contribution >= 0.6 is 0 Å². The first kappa shape index (κ1) is 13.7. The molecule has 0 aliphatic carbocycles. The third-order valence-electron chi connectivity index (χ3n) is 3.17. The molecule has 0 aliphatic heterocycles. The molecule has 2 rings (SSSR count). The normalized spacial score (nSPS) is 12.4. The van der Waals surface area contributed by atoms with Gasteiger partial charge in [0, 0.05) is 12.6 Å². The molecule has 2 nitrogen and oxygen atoms in total. The van der Waals surface area contributed by atoms with Crippen molar-refractivity contribution in [1.82, 2.24) is 5.32 Å². The lowest BCUT2D eigenvalue weighted by Gasteiger charge is -2.14. The fraction of sp³-hybridized carbons (Fsp3) is 0.250. The van der Waals surface area contributed by atoms with E-state index < -0.39 is 0 Å². The van der Waals surface area contributed by atoms with Gasteiger partial charge in [-0.3, -0.25) is 0 Å². The average molecular weight is 259 g/mol. The summed E-state index contributed by atoms with van der Waals surface area (Å²) in [6.45, 7) is 2.79. The van der Waals surface area contributed by atoms with Crippen LogP contribution in [-0.2, 0) is 13.2 Å². The van der Waals surface area contributed by atoms with Crippen molar-refractivity contribution in [3.05, 3.63) is 71.0 Å². The van der Waals surface area contributed by atoms with Crippen LogP contribution in [-0.4, -0.2) is 5.11 Å². The van der Waals surface area contributed by atoms with Gasteiger partial charge >= 0.3 is 0 Å². The molecule has 19 heavy (non-hydrogen) atoms. The van der Waals surface area contributed by atoms with Gasteiger partial charge in [0.25, 0.3) is 0 Å². The SMILES string of the molecule is CC(NCc1ccc(CO)cc1)c1cccc(F)c1. The summed E-state index contributed by atoms with van der Waals surface area (Å²) in [5, 5.41) is 12.3. The van der Waals surface area contributed by atoms with E-state index in [1.54, 1.807) is 12.1 Å². The molecule has 0 heterocycles. The molecule has 0 saturated heterocycles. The largest absolute Gasteiger partial charge is 0.392 e. The van der Waals surface area contributed by atoms with Crippen LogP contribution in [0, 0.1) is 5.82 Å². The second kappa shape index (κ2) is 6.45. The third-order valence-corrected chi connectivity index (χ3v) is 3.17. The monoisotopic (exact) mass is 259 g/mol. The molecule has 1 unspecified atom stereocenters. The number of hydrogen-bond acceptors (Lipinski definition) is 2. The summed E-state index contributed by atoms with van der Waals surface area (Å²) in [6, 6.07) is 14.5. The molecule has 0 aliphatic rings. The van der Waals surface area contributed by atoms with Crippen LogP contribution in [0.4, 0.5) is 4.39 Å². The molecule has 0 bridgehead atoms. The first-order valence-corrected chi connectivity index (χ1v) is 6.36. The van der Waals surface area contributed by atoms with E-state index in [4.69, 9.17) is 5.11 Å². The van der Waals surface area contributed by atoms with E-state index >= 15 is 0 Å². The highest BCUT2D eigenvalue weighted by atomic mass is 19.1. The minimum Gasteiger partial charge on any atom is -0.392 e. The van der Waals surface area contributed by atoms with Gasteiger partial charge in [0.2, 0.25) is 0 Å². The molecule has 0 spiro atoms. The molecule has 1 atom stereocenters. The summed E-state index contributed by atoms with van der Waals surface area (Å²) in [6.07, 6.45) is 0. The van der Waals surface area contributed by atoms with Crippen LogP contribution in [0.25, 0.3) is 0 Å². The van der Waals surface area contributed by atoms with Gasteiger partial charge in [0.05, 0.1) is 6.61 Å². The Bertz CT molecular complexity index is 525. The van der Waals surface area contributed by atoms with E-state index in [9.17, 15) is 4.39 Å². The zero-order chi connectivity index (χ0) is 13.7. The molecule has 0 amide bonds. The van der Waals surface area contributed by atoms with E-state index in [1.165, 1.54) is 6.07 Å². The molecule has 100 valence electrons. The Kier molecular flexibility index (Phi) is 4.66. The first-order chi connectivity index (χ1) is 9.19. The van der Waals surface area contributed by atoms with Crippen molar-refractivity contribution < 1.29 is 9.50 Å². The minimum absolute atomic E-state index is 0.0629. The number of halogens is 1. The number of aliphatic hydroxyl groups is 1. The quantitative estimate of drug-likeness (QED) is 0.864. The summed E-state index contributed by atoms with van der Waals surface area (Å²) in [4.78, 5) is 0. The lowest BCUT2D eigenvalue weighted by molar-refractivity contribution is 0.282. The zero-order valence-corrected chi connectivity index (χ0v) is 10.9. The van der Waals surface area contributed by atoms with Crippen LogP contribution in [0.5, 0.6) is 0 Å². The lowest BCUT2D eigenvalue weighted by Crippen LogP contribution is -2.18. The Morgan fingerprint density at radius 3 is 2.42 bits per heavy atom. The molecule has 0 radical (unpaired) electrons. The van der Waals surface area contributed by atoms with Crippen molar-refractivity contribution in [3.63, 3.8) is 0 Å². The predicted octanol–water partition coefficient (Wildman–Crippen LogP) is 3.17. The van der Waals surface area contributed by atoms with Gasteiger partial charge in [0.15, 0.2) is 0 Å². The molecular weight excluding hydrogens is 241 g/mol. The molecule has 0 aromatic heterocycles. The van der Waals surface area contributed by atoms with Crippen molar-refractivity contribution in [1.29, 1.82) is 0 Å². The second-order valence-electron chi connectivity index (χ2n) is 4.63. The predicted molar refractivity (Wildman–Crippen MR) is 74.0 cm³/mol. The standard InChI is InChI=1S/C16H18FNO/c1-12(15-3-2-4-16(17)9-15)18-10-13-5-7-14(11-19)8-6-13/h2-9,12,18-19H,10-11H2,1H3. The van der Waals surface area contributed by atoms with E-state index in [2.05, 4.69) is 5.32 Å². The van der Waals surface area contributed by atoms with Crippen molar-refractivity contribution in [2.75, 3.05) is 0 Å². The molecule has 0 saturated carbocycles. The Balaban J connectivity index is 1.94. The summed E-state index contributed by atoms with van der Waals surface area (Å²) in [5.41, 5.74) is 2.98. The Morgan fingerprint density at radius 2 is 1.79 bits per heavy atom. The van der Waals surface area contributed by atoms with Crippen molar-refractivity contribution in [2.24, 2.45) is 0 Å². The van der Waals surface area contributed by atoms with Crippen molar-refractivity contribution in [2.45, 2.75) is 26.1 Å². The Hall–Kier alpha value is -1.71. The lowest BCUT2D eigenvalue weighted by atomic mass is 10.1. The minimum atomic E-state index is -0.210. The van der Waals surface area contributed by atoms with Gasteiger partial charge in [-0.1, -0.05) is 36.4 Å². The highest BCUT2D eigenvalue weighted by molar-refractivity contribution is 5.23. The van der Waals surface area contributed by atoms with E-state index in [0.29, 0.717) is 6.54 Å². The van der Waals surface area contributed by atoms with Crippen LogP contribution in [0.3, 0.4) is 0 Å². The fourth-order valence-electron chi connectivity index (χ4n) is 1.93. The summed E-state index contributed by atoms with van der Waals surface area (Å²) < 4.78 is 13.1. The van der Waals surface area contributed by atoms with E-state index in [-0.39, 0.29) is 18.5 Å². The summed E-state index contributed by atoms with van der Waals surface area (Å²) in [7, 11) is 0. The van der Waals surface area contributed by atoms with E-state index in [1.807, 2.05) is 37.3 Å². The maximum Gasteiger partial charge on any atom is 0.123 e. The van der Waals surface area contributed by atoms with Crippen LogP contribution in [0.15, 0.2) is 48.5 Å². The van der Waals surface area contributed by atoms with Gasteiger partial charge in [-0.25, -0.2) is 4.39 Å². The van der Waals surface area contributed by atoms with Gasteiger partial charge in [-0.15, -0.1) is 0 Å². The number of benzene rings is 2. The summed E-state index contributed by atoms with van der Waals surface area (Å²) >= 11 is 0. The molecule has 2 N–H and O–H groups in total. The van der Waals surface area contributed by atoms with Crippen molar-refractivity contribution in [3.8, 4) is 0 Å². The topological polar surface area (TPSA) is 32.3 Å². The van der Waals surface area contributed by atoms with Gasteiger partial charge < -0.3 is 10.4 Å². The maximum absolute atomic E-state index is 13.1. The Morgan fingerprint density at radius 1 is 1.11 bits per heavy atom. The number of nitrogens with one attached hydrogen (secondary N) is 1. The number of aliphatic hydroxyl groups excluding tert-OH is 1. The maximum atomic E-state index is 13.1. The molecule has 2 aromatic carbocycles. The summed E-state index contributed by atoms with van der Waals surface area (Å²) in [5.74, 6) is -0.210. The van der Waals surface area contributed by atoms with Crippen LogP contribution in [0.2, 0.25) is 0 Å². The van der Waals surface area contributed by atoms with Crippen LogP contribution < -0.4 is 5.32 Å². The van der Waals surface area contributed by atoms with Crippen molar-refractivity contribution >= 4 is 0 Å². The molecule has 0 fully saturated rings. The average Bonchev–Trinajstić information content (AvgIpc) is 2.45. The Labute approximate surface area is 112 Å². The van der Waals surface area contributed by atoms with E-state index in [0.717, 1.165) is 16.7 Å². The number of rotatable bonds is 5. The van der Waals surface area contributed by atoms with Gasteiger partial charge in [-0.05, 0) is 35.7 Å². The molecule has 3 heteroatoms. The second-order valence-corrected chi connectivity index (χ2v) is 4.63. The van der Waals surface area contributed by atoms with Gasteiger partial charge in [-0.2, -0.15) is 0 Å². The fourth-order valence-corrected chi connectivity index (χ4v) is 1.93. The highest BCUT2D eigenvalue weighted by Gasteiger charge is 2.05. The zero-order valence-electron chi connectivity index (χ0n) is 10.9. The molecule has 2 aromatic rings. The molecular formula is C16H18FNO. The number of hydrogen-bond donors (Lipinski definition) is 2. The first-order valence-electron chi connectivity index (χ1n) is 6.36. The van der Waals surface area contributed by atoms with Crippen LogP contribution in [0.1, 0.15) is 29.7 Å². The highest BCUT2D eigenvalue weighted by Crippen LogP contribution is 2.14.